The minimum Gasteiger partial charge on any atom is -0.437 e. The molecule has 2 rings (SSSR count). The van der Waals surface area contributed by atoms with E-state index in [0.717, 1.165) is 12.8 Å². The largest absolute Gasteiger partial charge is 0.437 e. The normalized spacial score (nSPS) is 9.78. The number of rotatable bonds is 4. The highest BCUT2D eigenvalue weighted by atomic mass is 16.5. The summed E-state index contributed by atoms with van der Waals surface area (Å²) < 4.78 is 5.54. The van der Waals surface area contributed by atoms with E-state index in [4.69, 9.17) is 10.00 Å². The number of nitrogens with zero attached hydrogens (tertiary/aromatic N) is 3. The van der Waals surface area contributed by atoms with Crippen LogP contribution >= 0.6 is 0 Å². The second-order valence-corrected chi connectivity index (χ2v) is 3.82. The molecule has 0 fully saturated rings. The molecular formula is C14H13N3O. The van der Waals surface area contributed by atoms with Crippen molar-refractivity contribution in [2.24, 2.45) is 0 Å². The van der Waals surface area contributed by atoms with Crippen LogP contribution in [0.1, 0.15) is 24.6 Å². The lowest BCUT2D eigenvalue weighted by Gasteiger charge is -2.06. The second kappa shape index (κ2) is 5.78. The standard InChI is InChI=1S/C14H13N3O/c1-2-3-11-4-6-12(7-5-11)18-14-13(10-15)16-8-9-17-14/h4-9H,2-3H2,1H3. The van der Waals surface area contributed by atoms with E-state index in [1.807, 2.05) is 30.3 Å². The van der Waals surface area contributed by atoms with Crippen molar-refractivity contribution in [3.05, 3.63) is 47.9 Å². The molecule has 0 spiro atoms. The topological polar surface area (TPSA) is 58.8 Å². The van der Waals surface area contributed by atoms with E-state index in [1.165, 1.54) is 18.0 Å². The van der Waals surface area contributed by atoms with Crippen molar-refractivity contribution in [2.75, 3.05) is 0 Å². The zero-order chi connectivity index (χ0) is 12.8. The third-order valence-electron chi connectivity index (χ3n) is 2.45. The molecule has 4 nitrogen and oxygen atoms in total. The van der Waals surface area contributed by atoms with Crippen LogP contribution in [-0.2, 0) is 6.42 Å². The molecule has 0 N–H and O–H groups in total. The predicted molar refractivity (Wildman–Crippen MR) is 67.3 cm³/mol. The zero-order valence-electron chi connectivity index (χ0n) is 10.1. The molecule has 0 aliphatic carbocycles. The lowest BCUT2D eigenvalue weighted by molar-refractivity contribution is 0.458. The number of aryl methyl sites for hydroxylation is 1. The molecular weight excluding hydrogens is 226 g/mol. The minimum absolute atomic E-state index is 0.190. The van der Waals surface area contributed by atoms with Crippen molar-refractivity contribution in [2.45, 2.75) is 19.8 Å². The second-order valence-electron chi connectivity index (χ2n) is 3.82. The first-order valence-corrected chi connectivity index (χ1v) is 5.81. The Labute approximate surface area is 106 Å². The molecule has 0 atom stereocenters. The van der Waals surface area contributed by atoms with Crippen LogP contribution in [-0.4, -0.2) is 9.97 Å². The third kappa shape index (κ3) is 2.83. The van der Waals surface area contributed by atoms with Gasteiger partial charge in [-0.15, -0.1) is 0 Å². The Kier molecular flexibility index (Phi) is 3.87. The van der Waals surface area contributed by atoms with Gasteiger partial charge in [-0.25, -0.2) is 9.97 Å². The van der Waals surface area contributed by atoms with Gasteiger partial charge in [0.25, 0.3) is 5.88 Å². The fraction of sp³-hybridized carbons (Fsp3) is 0.214. The number of nitriles is 1. The summed E-state index contributed by atoms with van der Waals surface area (Å²) in [4.78, 5) is 7.89. The van der Waals surface area contributed by atoms with E-state index in [2.05, 4.69) is 16.9 Å². The van der Waals surface area contributed by atoms with Gasteiger partial charge in [0.1, 0.15) is 11.8 Å². The molecule has 1 aromatic carbocycles. The van der Waals surface area contributed by atoms with Gasteiger partial charge in [-0.2, -0.15) is 5.26 Å². The predicted octanol–water partition coefficient (Wildman–Crippen LogP) is 3.09. The van der Waals surface area contributed by atoms with Crippen molar-refractivity contribution in [3.63, 3.8) is 0 Å². The Bertz CT molecular complexity index is 558. The SMILES string of the molecule is CCCc1ccc(Oc2nccnc2C#N)cc1. The van der Waals surface area contributed by atoms with Crippen LogP contribution in [0.5, 0.6) is 11.6 Å². The summed E-state index contributed by atoms with van der Waals surface area (Å²) in [5.41, 5.74) is 1.46. The Morgan fingerprint density at radius 3 is 2.56 bits per heavy atom. The van der Waals surface area contributed by atoms with Gasteiger partial charge in [0.2, 0.25) is 5.69 Å². The minimum atomic E-state index is 0.190. The Morgan fingerprint density at radius 1 is 1.17 bits per heavy atom. The molecule has 4 heteroatoms. The summed E-state index contributed by atoms with van der Waals surface area (Å²) >= 11 is 0. The number of aromatic nitrogens is 2. The molecule has 0 saturated carbocycles. The molecule has 0 aliphatic heterocycles. The first-order valence-electron chi connectivity index (χ1n) is 5.81. The van der Waals surface area contributed by atoms with Crippen molar-refractivity contribution < 1.29 is 4.74 Å². The summed E-state index contributed by atoms with van der Waals surface area (Å²) in [6.07, 6.45) is 5.13. The third-order valence-corrected chi connectivity index (χ3v) is 2.45. The smallest absolute Gasteiger partial charge is 0.256 e. The Balaban J connectivity index is 2.16. The van der Waals surface area contributed by atoms with Crippen molar-refractivity contribution in [3.8, 4) is 17.7 Å². The summed E-state index contributed by atoms with van der Waals surface area (Å²) in [7, 11) is 0. The van der Waals surface area contributed by atoms with Gasteiger partial charge in [0.05, 0.1) is 0 Å². The van der Waals surface area contributed by atoms with Crippen LogP contribution in [0.4, 0.5) is 0 Å². The van der Waals surface area contributed by atoms with E-state index >= 15 is 0 Å². The summed E-state index contributed by atoms with van der Waals surface area (Å²) in [6, 6.07) is 9.73. The molecule has 0 unspecified atom stereocenters. The van der Waals surface area contributed by atoms with Gasteiger partial charge < -0.3 is 4.74 Å². The van der Waals surface area contributed by atoms with Crippen molar-refractivity contribution >= 4 is 0 Å². The number of benzene rings is 1. The van der Waals surface area contributed by atoms with Gasteiger partial charge >= 0.3 is 0 Å². The number of hydrogen-bond donors (Lipinski definition) is 0. The van der Waals surface area contributed by atoms with Gasteiger partial charge in [0.15, 0.2) is 0 Å². The number of ether oxygens (including phenoxy) is 1. The fourth-order valence-corrected chi connectivity index (χ4v) is 1.60. The Hall–Kier alpha value is -2.41. The highest BCUT2D eigenvalue weighted by molar-refractivity contribution is 5.36. The molecule has 0 aliphatic rings. The molecule has 90 valence electrons. The average Bonchev–Trinajstić information content (AvgIpc) is 2.42. The maximum absolute atomic E-state index is 8.88. The van der Waals surface area contributed by atoms with E-state index in [0.29, 0.717) is 5.75 Å². The number of hydrogen-bond acceptors (Lipinski definition) is 4. The quantitative estimate of drug-likeness (QED) is 0.822. The molecule has 0 bridgehead atoms. The van der Waals surface area contributed by atoms with Crippen LogP contribution in [0.25, 0.3) is 0 Å². The summed E-state index contributed by atoms with van der Waals surface area (Å²) in [6.45, 7) is 2.14. The van der Waals surface area contributed by atoms with Crippen LogP contribution in [0, 0.1) is 11.3 Å². The van der Waals surface area contributed by atoms with Crippen molar-refractivity contribution in [1.29, 1.82) is 5.26 Å². The van der Waals surface area contributed by atoms with Gasteiger partial charge in [-0.05, 0) is 24.1 Å². The molecule has 0 radical (unpaired) electrons. The van der Waals surface area contributed by atoms with E-state index in [9.17, 15) is 0 Å². The highest BCUT2D eigenvalue weighted by Gasteiger charge is 2.06. The van der Waals surface area contributed by atoms with Crippen LogP contribution in [0.15, 0.2) is 36.7 Å². The molecule has 1 heterocycles. The van der Waals surface area contributed by atoms with Crippen LogP contribution in [0.3, 0.4) is 0 Å². The molecule has 18 heavy (non-hydrogen) atoms. The zero-order valence-corrected chi connectivity index (χ0v) is 10.1. The lowest BCUT2D eigenvalue weighted by Crippen LogP contribution is -1.94. The highest BCUT2D eigenvalue weighted by Crippen LogP contribution is 2.21. The maximum Gasteiger partial charge on any atom is 0.256 e. The molecule has 0 amide bonds. The molecule has 2 aromatic rings. The van der Waals surface area contributed by atoms with Crippen molar-refractivity contribution in [1.82, 2.24) is 9.97 Å². The fourth-order valence-electron chi connectivity index (χ4n) is 1.60. The monoisotopic (exact) mass is 239 g/mol. The van der Waals surface area contributed by atoms with E-state index in [-0.39, 0.29) is 11.6 Å². The first-order chi connectivity index (χ1) is 8.83. The van der Waals surface area contributed by atoms with Crippen LogP contribution in [0.2, 0.25) is 0 Å². The molecule has 1 aromatic heterocycles. The maximum atomic E-state index is 8.88. The van der Waals surface area contributed by atoms with Gasteiger partial charge in [-0.1, -0.05) is 25.5 Å². The van der Waals surface area contributed by atoms with E-state index < -0.39 is 0 Å². The van der Waals surface area contributed by atoms with Crippen LogP contribution < -0.4 is 4.74 Å². The summed E-state index contributed by atoms with van der Waals surface area (Å²) in [5, 5.41) is 8.88. The van der Waals surface area contributed by atoms with Gasteiger partial charge in [0, 0.05) is 12.4 Å². The molecule has 0 saturated heterocycles. The van der Waals surface area contributed by atoms with Gasteiger partial charge in [-0.3, -0.25) is 0 Å². The first kappa shape index (κ1) is 12.1. The Morgan fingerprint density at radius 2 is 1.89 bits per heavy atom. The average molecular weight is 239 g/mol. The lowest BCUT2D eigenvalue weighted by atomic mass is 10.1. The van der Waals surface area contributed by atoms with E-state index in [1.54, 1.807) is 0 Å². The summed E-state index contributed by atoms with van der Waals surface area (Å²) in [5.74, 6) is 0.898.